The zero-order valence-corrected chi connectivity index (χ0v) is 13.3. The summed E-state index contributed by atoms with van der Waals surface area (Å²) in [5.74, 6) is -0.954. The number of hydrogen-bond donors (Lipinski definition) is 3. The number of rotatable bonds is 9. The number of nitrogens with zero attached hydrogens (tertiary/aromatic N) is 1. The molecule has 6 heteroatoms. The van der Waals surface area contributed by atoms with Gasteiger partial charge >= 0.3 is 12.0 Å². The minimum Gasteiger partial charge on any atom is -0.478 e. The number of aromatic carboxylic acids is 1. The lowest BCUT2D eigenvalue weighted by Gasteiger charge is -2.19. The normalized spacial score (nSPS) is 10.5. The topological polar surface area (TPSA) is 81.7 Å². The van der Waals surface area contributed by atoms with E-state index in [4.69, 9.17) is 5.11 Å². The second-order valence-corrected chi connectivity index (χ2v) is 5.05. The molecule has 0 aliphatic heterocycles. The monoisotopic (exact) mass is 307 g/mol. The third-order valence-electron chi connectivity index (χ3n) is 3.35. The molecule has 0 aromatic heterocycles. The van der Waals surface area contributed by atoms with Crippen molar-refractivity contribution in [3.05, 3.63) is 35.4 Å². The van der Waals surface area contributed by atoms with Gasteiger partial charge in [0.05, 0.1) is 5.56 Å². The van der Waals surface area contributed by atoms with Crippen molar-refractivity contribution >= 4 is 12.0 Å². The first-order chi connectivity index (χ1) is 10.6. The molecule has 0 atom stereocenters. The molecule has 0 heterocycles. The van der Waals surface area contributed by atoms with Gasteiger partial charge < -0.3 is 20.6 Å². The first kappa shape index (κ1) is 18.0. The van der Waals surface area contributed by atoms with E-state index in [-0.39, 0.29) is 11.6 Å². The number of nitrogens with one attached hydrogen (secondary N) is 2. The average Bonchev–Trinajstić information content (AvgIpc) is 2.52. The molecule has 2 amide bonds. The fraction of sp³-hybridized carbons (Fsp3) is 0.500. The standard InChI is InChI=1S/C16H25N3O3/c1-3-10-19(4-2)11-9-17-16(22)18-12-13-5-7-14(8-6-13)15(20)21/h5-8H,3-4,9-12H2,1-2H3,(H,20,21)(H2,17,18,22). The van der Waals surface area contributed by atoms with Crippen LogP contribution >= 0.6 is 0 Å². The summed E-state index contributed by atoms with van der Waals surface area (Å²) in [6.45, 7) is 8.08. The van der Waals surface area contributed by atoms with Crippen LogP contribution in [0, 0.1) is 0 Å². The molecule has 0 aliphatic rings. The predicted octanol–water partition coefficient (Wildman–Crippen LogP) is 1.92. The molecular formula is C16H25N3O3. The van der Waals surface area contributed by atoms with Crippen molar-refractivity contribution in [3.8, 4) is 0 Å². The minimum absolute atomic E-state index is 0.213. The maximum absolute atomic E-state index is 11.7. The fourth-order valence-electron chi connectivity index (χ4n) is 2.08. The molecule has 0 aliphatic carbocycles. The Balaban J connectivity index is 2.26. The number of carboxylic acid groups (broad SMARTS) is 1. The Hall–Kier alpha value is -2.08. The number of carbonyl (C=O) groups excluding carboxylic acids is 1. The summed E-state index contributed by atoms with van der Waals surface area (Å²) in [5, 5.41) is 14.4. The largest absolute Gasteiger partial charge is 0.478 e. The Labute approximate surface area is 131 Å². The first-order valence-electron chi connectivity index (χ1n) is 7.63. The highest BCUT2D eigenvalue weighted by Gasteiger charge is 2.04. The molecule has 1 aromatic rings. The van der Waals surface area contributed by atoms with Crippen LogP contribution in [-0.4, -0.2) is 48.2 Å². The lowest BCUT2D eigenvalue weighted by molar-refractivity contribution is 0.0697. The zero-order valence-electron chi connectivity index (χ0n) is 13.3. The summed E-state index contributed by atoms with van der Waals surface area (Å²) >= 11 is 0. The molecule has 0 fully saturated rings. The van der Waals surface area contributed by atoms with E-state index in [0.29, 0.717) is 13.1 Å². The first-order valence-corrected chi connectivity index (χ1v) is 7.63. The second kappa shape index (κ2) is 9.78. The van der Waals surface area contributed by atoms with E-state index in [1.165, 1.54) is 12.1 Å². The summed E-state index contributed by atoms with van der Waals surface area (Å²) < 4.78 is 0. The van der Waals surface area contributed by atoms with Crippen LogP contribution in [0.2, 0.25) is 0 Å². The van der Waals surface area contributed by atoms with Gasteiger partial charge in [-0.2, -0.15) is 0 Å². The van der Waals surface area contributed by atoms with Crippen molar-refractivity contribution in [1.82, 2.24) is 15.5 Å². The number of carbonyl (C=O) groups is 2. The summed E-state index contributed by atoms with van der Waals surface area (Å²) in [6, 6.07) is 6.24. The molecular weight excluding hydrogens is 282 g/mol. The van der Waals surface area contributed by atoms with E-state index in [2.05, 4.69) is 29.4 Å². The Morgan fingerprint density at radius 3 is 2.32 bits per heavy atom. The Bertz CT molecular complexity index is 474. The van der Waals surface area contributed by atoms with Crippen LogP contribution in [0.25, 0.3) is 0 Å². The third-order valence-corrected chi connectivity index (χ3v) is 3.35. The number of hydrogen-bond acceptors (Lipinski definition) is 3. The van der Waals surface area contributed by atoms with Gasteiger partial charge in [-0.3, -0.25) is 0 Å². The van der Waals surface area contributed by atoms with Crippen LogP contribution in [0.15, 0.2) is 24.3 Å². The van der Waals surface area contributed by atoms with Crippen LogP contribution in [0.4, 0.5) is 4.79 Å². The Morgan fingerprint density at radius 2 is 1.77 bits per heavy atom. The zero-order chi connectivity index (χ0) is 16.4. The van der Waals surface area contributed by atoms with Crippen molar-refractivity contribution in [3.63, 3.8) is 0 Å². The fourth-order valence-corrected chi connectivity index (χ4v) is 2.08. The van der Waals surface area contributed by atoms with Crippen LogP contribution < -0.4 is 10.6 Å². The summed E-state index contributed by atoms with van der Waals surface area (Å²) in [6.07, 6.45) is 1.10. The Kier molecular flexibility index (Phi) is 7.99. The third kappa shape index (κ3) is 6.58. The van der Waals surface area contributed by atoms with Crippen molar-refractivity contribution in [1.29, 1.82) is 0 Å². The van der Waals surface area contributed by atoms with E-state index in [1.54, 1.807) is 12.1 Å². The molecule has 0 radical (unpaired) electrons. The van der Waals surface area contributed by atoms with Gasteiger partial charge in [-0.25, -0.2) is 9.59 Å². The van der Waals surface area contributed by atoms with Crippen molar-refractivity contribution in [2.24, 2.45) is 0 Å². The summed E-state index contributed by atoms with van der Waals surface area (Å²) in [5.41, 5.74) is 1.10. The number of benzene rings is 1. The number of urea groups is 1. The molecule has 0 saturated carbocycles. The van der Waals surface area contributed by atoms with E-state index in [0.717, 1.165) is 31.6 Å². The van der Waals surface area contributed by atoms with E-state index >= 15 is 0 Å². The minimum atomic E-state index is -0.954. The molecule has 0 unspecified atom stereocenters. The van der Waals surface area contributed by atoms with Gasteiger partial charge in [-0.05, 0) is 37.2 Å². The van der Waals surface area contributed by atoms with Crippen molar-refractivity contribution in [2.75, 3.05) is 26.2 Å². The molecule has 0 saturated heterocycles. The lowest BCUT2D eigenvalue weighted by atomic mass is 10.1. The van der Waals surface area contributed by atoms with E-state index in [1.807, 2.05) is 0 Å². The lowest BCUT2D eigenvalue weighted by Crippen LogP contribution is -2.40. The maximum atomic E-state index is 11.7. The van der Waals surface area contributed by atoms with E-state index in [9.17, 15) is 9.59 Å². The highest BCUT2D eigenvalue weighted by Crippen LogP contribution is 2.04. The molecule has 1 aromatic carbocycles. The van der Waals surface area contributed by atoms with Crippen LogP contribution in [0.5, 0.6) is 0 Å². The smallest absolute Gasteiger partial charge is 0.335 e. The van der Waals surface area contributed by atoms with Crippen LogP contribution in [0.3, 0.4) is 0 Å². The molecule has 3 N–H and O–H groups in total. The average molecular weight is 307 g/mol. The number of likely N-dealkylation sites (N-methyl/N-ethyl adjacent to an activating group) is 1. The molecule has 1 rings (SSSR count). The quantitative estimate of drug-likeness (QED) is 0.651. The maximum Gasteiger partial charge on any atom is 0.335 e. The predicted molar refractivity (Wildman–Crippen MR) is 86.0 cm³/mol. The molecule has 0 spiro atoms. The van der Waals surface area contributed by atoms with E-state index < -0.39 is 5.97 Å². The Morgan fingerprint density at radius 1 is 1.09 bits per heavy atom. The summed E-state index contributed by atoms with van der Waals surface area (Å²) in [4.78, 5) is 24.7. The molecule has 0 bridgehead atoms. The highest BCUT2D eigenvalue weighted by atomic mass is 16.4. The van der Waals surface area contributed by atoms with Crippen molar-refractivity contribution < 1.29 is 14.7 Å². The van der Waals surface area contributed by atoms with Crippen molar-refractivity contribution in [2.45, 2.75) is 26.8 Å². The molecule has 122 valence electrons. The van der Waals surface area contributed by atoms with Gasteiger partial charge in [0.25, 0.3) is 0 Å². The molecule has 6 nitrogen and oxygen atoms in total. The van der Waals surface area contributed by atoms with Gasteiger partial charge in [0.1, 0.15) is 0 Å². The van der Waals surface area contributed by atoms with Gasteiger partial charge in [0, 0.05) is 19.6 Å². The highest BCUT2D eigenvalue weighted by molar-refractivity contribution is 5.87. The van der Waals surface area contributed by atoms with Gasteiger partial charge in [-0.15, -0.1) is 0 Å². The molecule has 22 heavy (non-hydrogen) atoms. The van der Waals surface area contributed by atoms with Gasteiger partial charge in [0.2, 0.25) is 0 Å². The number of carboxylic acids is 1. The number of amides is 2. The van der Waals surface area contributed by atoms with Gasteiger partial charge in [-0.1, -0.05) is 26.0 Å². The second-order valence-electron chi connectivity index (χ2n) is 5.05. The van der Waals surface area contributed by atoms with Crippen LogP contribution in [0.1, 0.15) is 36.2 Å². The SMILES string of the molecule is CCCN(CC)CCNC(=O)NCc1ccc(C(=O)O)cc1. The summed E-state index contributed by atoms with van der Waals surface area (Å²) in [7, 11) is 0. The van der Waals surface area contributed by atoms with Crippen LogP contribution in [-0.2, 0) is 6.54 Å². The van der Waals surface area contributed by atoms with Gasteiger partial charge in [0.15, 0.2) is 0 Å².